The minimum atomic E-state index is -3.50. The van der Waals surface area contributed by atoms with Gasteiger partial charge in [0.1, 0.15) is 20.9 Å². The Labute approximate surface area is 331 Å². The van der Waals surface area contributed by atoms with E-state index in [1.54, 1.807) is 43.2 Å². The Kier molecular flexibility index (Phi) is 12.4. The van der Waals surface area contributed by atoms with Gasteiger partial charge in [0.15, 0.2) is 25.4 Å². The fraction of sp³-hybridized carbons (Fsp3) is 0.270. The average molecular weight is 898 g/mol. The van der Waals surface area contributed by atoms with E-state index in [0.717, 1.165) is 28.3 Å². The summed E-state index contributed by atoms with van der Waals surface area (Å²) in [6.45, 7) is 8.16. The minimum Gasteiger partial charge on any atom is -0.462 e. The molecule has 0 aliphatic carbocycles. The highest BCUT2D eigenvalue weighted by Gasteiger charge is 2.21. The lowest BCUT2D eigenvalue weighted by Crippen LogP contribution is -2.06. The van der Waals surface area contributed by atoms with Gasteiger partial charge in [0.05, 0.1) is 47.1 Å². The molecule has 0 atom stereocenters. The number of carbonyl (C=O) groups excluding carboxylic acids is 2. The van der Waals surface area contributed by atoms with Gasteiger partial charge in [0.2, 0.25) is 0 Å². The summed E-state index contributed by atoms with van der Waals surface area (Å²) in [6.07, 6.45) is 8.61. The van der Waals surface area contributed by atoms with Crippen molar-refractivity contribution >= 4 is 76.0 Å². The van der Waals surface area contributed by atoms with Crippen LogP contribution < -0.4 is 0 Å². The third-order valence-corrected chi connectivity index (χ3v) is 11.0. The Balaban J connectivity index is 0.000000211. The van der Waals surface area contributed by atoms with E-state index in [1.165, 1.54) is 23.2 Å². The van der Waals surface area contributed by atoms with Crippen molar-refractivity contribution in [3.63, 3.8) is 0 Å². The van der Waals surface area contributed by atoms with Crippen LogP contribution in [0.5, 0.6) is 0 Å². The third kappa shape index (κ3) is 9.71. The molecule has 286 valence electrons. The Hall–Kier alpha value is -5.26. The molecule has 0 saturated heterocycles. The van der Waals surface area contributed by atoms with Crippen LogP contribution in [0.2, 0.25) is 0 Å². The van der Waals surface area contributed by atoms with Gasteiger partial charge < -0.3 is 9.47 Å². The molecule has 0 amide bonds. The number of sulfone groups is 2. The van der Waals surface area contributed by atoms with Crippen LogP contribution in [0, 0.1) is 28.9 Å². The number of esters is 2. The number of fused-ring (bicyclic) bond motifs is 2. The van der Waals surface area contributed by atoms with Crippen molar-refractivity contribution in [3.8, 4) is 6.07 Å². The second-order valence-electron chi connectivity index (χ2n) is 12.6. The van der Waals surface area contributed by atoms with Crippen LogP contribution in [0.1, 0.15) is 62.5 Å². The zero-order valence-electron chi connectivity index (χ0n) is 30.7. The summed E-state index contributed by atoms with van der Waals surface area (Å²) in [5, 5.41) is 19.1. The molecule has 6 aromatic rings. The van der Waals surface area contributed by atoms with E-state index in [0.29, 0.717) is 37.8 Å². The zero-order valence-corrected chi connectivity index (χ0v) is 34.5. The molecule has 0 aliphatic heterocycles. The summed E-state index contributed by atoms with van der Waals surface area (Å²) < 4.78 is 62.4. The number of benzene rings is 2. The van der Waals surface area contributed by atoms with Crippen LogP contribution in [-0.4, -0.2) is 84.0 Å². The molecular weight excluding hydrogens is 861 g/mol. The van der Waals surface area contributed by atoms with E-state index in [2.05, 4.69) is 20.2 Å². The van der Waals surface area contributed by atoms with Crippen molar-refractivity contribution in [3.05, 3.63) is 104 Å². The molecule has 0 radical (unpaired) electrons. The Morgan fingerprint density at radius 2 is 1.16 bits per heavy atom. The monoisotopic (exact) mass is 897 g/mol. The van der Waals surface area contributed by atoms with Gasteiger partial charge in [-0.3, -0.25) is 19.3 Å². The van der Waals surface area contributed by atoms with Crippen LogP contribution in [-0.2, 0) is 42.2 Å². The summed E-state index contributed by atoms with van der Waals surface area (Å²) >= 11 is 1.98. The number of rotatable bonds is 10. The number of nitrogens with zero attached hydrogens (tertiary/aromatic N) is 7. The molecule has 6 rings (SSSR count). The molecule has 4 aromatic heterocycles. The van der Waals surface area contributed by atoms with E-state index in [9.17, 15) is 31.7 Å². The molecular formula is C37H36IN7O8S2. The summed E-state index contributed by atoms with van der Waals surface area (Å²) in [5.74, 6) is -1.05. The van der Waals surface area contributed by atoms with Crippen LogP contribution >= 0.6 is 22.6 Å². The van der Waals surface area contributed by atoms with Crippen LogP contribution in [0.15, 0.2) is 71.0 Å². The maximum atomic E-state index is 12.2. The number of ether oxygens (including phenoxy) is 2. The predicted molar refractivity (Wildman–Crippen MR) is 211 cm³/mol. The van der Waals surface area contributed by atoms with Gasteiger partial charge in [-0.1, -0.05) is 0 Å². The minimum absolute atomic E-state index is 0.0416. The Morgan fingerprint density at radius 1 is 0.727 bits per heavy atom. The van der Waals surface area contributed by atoms with Gasteiger partial charge in [-0.25, -0.2) is 26.4 Å². The number of halogens is 1. The molecule has 0 aliphatic rings. The first kappa shape index (κ1) is 40.9. The molecule has 15 nitrogen and oxygen atoms in total. The molecule has 0 saturated carbocycles. The number of pyridine rings is 2. The van der Waals surface area contributed by atoms with Gasteiger partial charge in [-0.15, -0.1) is 0 Å². The summed E-state index contributed by atoms with van der Waals surface area (Å²) in [4.78, 5) is 32.8. The van der Waals surface area contributed by atoms with Gasteiger partial charge in [-0.2, -0.15) is 15.5 Å². The zero-order chi connectivity index (χ0) is 40.2. The lowest BCUT2D eigenvalue weighted by atomic mass is 10.1. The van der Waals surface area contributed by atoms with Crippen molar-refractivity contribution in [2.24, 2.45) is 0 Å². The van der Waals surface area contributed by atoms with Gasteiger partial charge in [0, 0.05) is 48.1 Å². The number of nitriles is 1. The van der Waals surface area contributed by atoms with E-state index in [-0.39, 0.29) is 40.8 Å². The number of aromatic nitrogens is 6. The fourth-order valence-electron chi connectivity index (χ4n) is 5.66. The van der Waals surface area contributed by atoms with Crippen molar-refractivity contribution < 1.29 is 35.9 Å². The van der Waals surface area contributed by atoms with Crippen LogP contribution in [0.3, 0.4) is 0 Å². The maximum absolute atomic E-state index is 12.2. The lowest BCUT2D eigenvalue weighted by Gasteiger charge is -2.09. The van der Waals surface area contributed by atoms with Gasteiger partial charge >= 0.3 is 11.9 Å². The van der Waals surface area contributed by atoms with E-state index >= 15 is 0 Å². The predicted octanol–water partition coefficient (Wildman–Crippen LogP) is 5.21. The van der Waals surface area contributed by atoms with Crippen molar-refractivity contribution in [2.75, 3.05) is 25.7 Å². The largest absolute Gasteiger partial charge is 0.462 e. The first-order valence-electron chi connectivity index (χ1n) is 16.6. The average Bonchev–Trinajstić information content (AvgIpc) is 3.69. The van der Waals surface area contributed by atoms with E-state index in [1.807, 2.05) is 66.8 Å². The summed E-state index contributed by atoms with van der Waals surface area (Å²) in [7, 11) is -6.95. The number of carbonyl (C=O) groups is 2. The highest BCUT2D eigenvalue weighted by Crippen LogP contribution is 2.27. The molecule has 4 heterocycles. The van der Waals surface area contributed by atoms with Gasteiger partial charge in [0.25, 0.3) is 0 Å². The van der Waals surface area contributed by atoms with Crippen molar-refractivity contribution in [2.45, 2.75) is 50.6 Å². The first-order valence-corrected chi connectivity index (χ1v) is 21.5. The number of aryl methyl sites for hydroxylation is 2. The molecule has 0 spiro atoms. The SMILES string of the molecule is CCOC(=O)c1cn(Cc2cc(S(C)(=O)=O)c3ncc(C)cc3c2)nc1C#N.CCOC(=O)c1cn(Cc2cc(S(C)(=O)=O)c3ncc(C)cc3c2)nc1I. The van der Waals surface area contributed by atoms with Gasteiger partial charge in [-0.05, 0) is 109 Å². The van der Waals surface area contributed by atoms with Crippen molar-refractivity contribution in [1.82, 2.24) is 29.5 Å². The van der Waals surface area contributed by atoms with Crippen LogP contribution in [0.25, 0.3) is 21.8 Å². The van der Waals surface area contributed by atoms with Crippen molar-refractivity contribution in [1.29, 1.82) is 5.26 Å². The summed E-state index contributed by atoms with van der Waals surface area (Å²) in [6, 6.07) is 12.5. The fourth-order valence-corrected chi connectivity index (χ4v) is 8.07. The second kappa shape index (κ2) is 16.6. The Bertz CT molecular complexity index is 2740. The first-order chi connectivity index (χ1) is 25.9. The second-order valence-corrected chi connectivity index (χ2v) is 17.6. The van der Waals surface area contributed by atoms with E-state index < -0.39 is 31.6 Å². The molecule has 55 heavy (non-hydrogen) atoms. The quantitative estimate of drug-likeness (QED) is 0.128. The Morgan fingerprint density at radius 3 is 1.60 bits per heavy atom. The lowest BCUT2D eigenvalue weighted by molar-refractivity contribution is 0.0516. The normalized spacial score (nSPS) is 11.5. The summed E-state index contributed by atoms with van der Waals surface area (Å²) in [5.41, 5.74) is 4.53. The smallest absolute Gasteiger partial charge is 0.342 e. The van der Waals surface area contributed by atoms with E-state index in [4.69, 9.17) is 9.47 Å². The molecule has 18 heteroatoms. The highest BCUT2D eigenvalue weighted by atomic mass is 127. The third-order valence-electron chi connectivity index (χ3n) is 7.95. The topological polar surface area (TPSA) is 206 Å². The highest BCUT2D eigenvalue weighted by molar-refractivity contribution is 14.1. The molecule has 0 unspecified atom stereocenters. The molecule has 0 bridgehead atoms. The number of hydrogen-bond donors (Lipinski definition) is 0. The molecule has 0 N–H and O–H groups in total. The molecule has 0 fully saturated rings. The van der Waals surface area contributed by atoms with Crippen LogP contribution in [0.4, 0.5) is 0 Å². The number of hydrogen-bond acceptors (Lipinski definition) is 13. The maximum Gasteiger partial charge on any atom is 0.342 e. The molecule has 2 aromatic carbocycles. The standard InChI is InChI=1S/C19H18N4O4S.C18H18IN3O4S/c1-4-27-19(24)15-11-23(22-16(15)8-20)10-13-6-14-5-12(2)9-21-18(14)17(7-13)28(3,25)26;1-4-26-18(23)14-10-22(21-17(14)19)9-12-6-13-5-11(2)8-20-16(13)15(7-12)27(3,24)25/h5-7,9,11H,4,10H2,1-3H3;5-8,10H,4,9H2,1-3H3.